The molecule has 0 aromatic rings. The fourth-order valence-corrected chi connectivity index (χ4v) is 3.98. The lowest BCUT2D eigenvalue weighted by molar-refractivity contribution is -0.141. The predicted molar refractivity (Wildman–Crippen MR) is 46.7 cm³/mol. The minimum absolute atomic E-state index is 0.534. The highest BCUT2D eigenvalue weighted by Crippen LogP contribution is 2.59. The molecule has 3 fully saturated rings. The van der Waals surface area contributed by atoms with E-state index in [1.165, 1.54) is 32.1 Å². The molecular formula is C11H16O. The van der Waals surface area contributed by atoms with Crippen LogP contribution in [0.4, 0.5) is 0 Å². The van der Waals surface area contributed by atoms with Crippen LogP contribution in [0.25, 0.3) is 0 Å². The van der Waals surface area contributed by atoms with Crippen LogP contribution in [0.15, 0.2) is 0 Å². The molecule has 0 aromatic carbocycles. The Morgan fingerprint density at radius 2 is 1.58 bits per heavy atom. The van der Waals surface area contributed by atoms with Crippen molar-refractivity contribution in [3.05, 3.63) is 0 Å². The number of hydrogen-bond acceptors (Lipinski definition) is 1. The fraction of sp³-hybridized carbons (Fsp3) is 0.909. The van der Waals surface area contributed by atoms with Crippen molar-refractivity contribution in [2.24, 2.45) is 23.7 Å². The van der Waals surface area contributed by atoms with E-state index >= 15 is 0 Å². The lowest BCUT2D eigenvalue weighted by atomic mass is 9.53. The largest absolute Gasteiger partial charge is 0.299 e. The number of rotatable bonds is 0. The molecule has 0 amide bonds. The van der Waals surface area contributed by atoms with Gasteiger partial charge in [0.2, 0.25) is 0 Å². The summed E-state index contributed by atoms with van der Waals surface area (Å²) in [5, 5.41) is 0. The van der Waals surface area contributed by atoms with Crippen LogP contribution in [0.2, 0.25) is 0 Å². The Morgan fingerprint density at radius 1 is 0.917 bits per heavy atom. The molecule has 0 aromatic heterocycles. The van der Waals surface area contributed by atoms with E-state index in [1.54, 1.807) is 0 Å². The third-order valence-corrected chi connectivity index (χ3v) is 4.43. The van der Waals surface area contributed by atoms with Crippen LogP contribution in [0.5, 0.6) is 0 Å². The van der Waals surface area contributed by atoms with Crippen molar-refractivity contribution in [2.75, 3.05) is 0 Å². The highest BCUT2D eigenvalue weighted by Gasteiger charge is 2.55. The maximum absolute atomic E-state index is 11.6. The van der Waals surface area contributed by atoms with Gasteiger partial charge in [-0.3, -0.25) is 4.79 Å². The summed E-state index contributed by atoms with van der Waals surface area (Å²) >= 11 is 0. The zero-order valence-electron chi connectivity index (χ0n) is 7.46. The lowest BCUT2D eigenvalue weighted by Crippen LogP contribution is -2.50. The van der Waals surface area contributed by atoms with E-state index in [0.29, 0.717) is 11.7 Å². The molecule has 1 heteroatoms. The molecular weight excluding hydrogens is 148 g/mol. The van der Waals surface area contributed by atoms with E-state index in [2.05, 4.69) is 0 Å². The molecule has 3 aliphatic rings. The van der Waals surface area contributed by atoms with Crippen molar-refractivity contribution in [2.45, 2.75) is 38.5 Å². The Kier molecular flexibility index (Phi) is 1.38. The first kappa shape index (κ1) is 7.11. The minimum Gasteiger partial charge on any atom is -0.299 e. The molecule has 0 unspecified atom stereocenters. The van der Waals surface area contributed by atoms with Crippen LogP contribution in [-0.4, -0.2) is 5.78 Å². The van der Waals surface area contributed by atoms with Gasteiger partial charge in [0.1, 0.15) is 5.78 Å². The van der Waals surface area contributed by atoms with Crippen molar-refractivity contribution in [1.82, 2.24) is 0 Å². The minimum atomic E-state index is 0.534. The van der Waals surface area contributed by atoms with E-state index < -0.39 is 0 Å². The number of ketones is 1. The number of fused-ring (bicyclic) bond motifs is 4. The average Bonchev–Trinajstić information content (AvgIpc) is 2.43. The van der Waals surface area contributed by atoms with Crippen molar-refractivity contribution in [3.63, 3.8) is 0 Å². The summed E-state index contributed by atoms with van der Waals surface area (Å²) in [4.78, 5) is 11.6. The number of carbonyl (C=O) groups is 1. The third kappa shape index (κ3) is 0.725. The highest BCUT2D eigenvalue weighted by molar-refractivity contribution is 5.83. The van der Waals surface area contributed by atoms with Gasteiger partial charge >= 0.3 is 0 Å². The Labute approximate surface area is 73.5 Å². The second kappa shape index (κ2) is 2.34. The van der Waals surface area contributed by atoms with Crippen molar-refractivity contribution < 1.29 is 4.79 Å². The smallest absolute Gasteiger partial charge is 0.136 e. The lowest BCUT2D eigenvalue weighted by Gasteiger charge is -2.50. The molecule has 1 nitrogen and oxygen atoms in total. The second-order valence-electron chi connectivity index (χ2n) is 4.81. The molecule has 0 heterocycles. The van der Waals surface area contributed by atoms with Crippen LogP contribution in [0.1, 0.15) is 38.5 Å². The summed E-state index contributed by atoms with van der Waals surface area (Å²) in [6, 6.07) is 0. The first-order valence-corrected chi connectivity index (χ1v) is 5.40. The summed E-state index contributed by atoms with van der Waals surface area (Å²) in [6.45, 7) is 0. The van der Waals surface area contributed by atoms with Gasteiger partial charge in [-0.15, -0.1) is 0 Å². The Hall–Kier alpha value is -0.330. The van der Waals surface area contributed by atoms with Crippen molar-refractivity contribution >= 4 is 5.78 Å². The molecule has 4 atom stereocenters. The van der Waals surface area contributed by atoms with Gasteiger partial charge in [-0.2, -0.15) is 0 Å². The van der Waals surface area contributed by atoms with Gasteiger partial charge in [0, 0.05) is 12.3 Å². The third-order valence-electron chi connectivity index (χ3n) is 4.43. The van der Waals surface area contributed by atoms with Crippen LogP contribution >= 0.6 is 0 Å². The maximum Gasteiger partial charge on any atom is 0.136 e. The molecule has 3 aliphatic carbocycles. The zero-order valence-corrected chi connectivity index (χ0v) is 7.46. The van der Waals surface area contributed by atoms with Gasteiger partial charge in [0.05, 0.1) is 0 Å². The maximum atomic E-state index is 11.6. The Morgan fingerprint density at radius 3 is 2.42 bits per heavy atom. The number of Topliss-reactive ketones (excluding diaryl/α,β-unsaturated/α-hetero) is 1. The number of carbonyl (C=O) groups excluding carboxylic acids is 1. The Bertz CT molecular complexity index is 221. The molecule has 12 heavy (non-hydrogen) atoms. The topological polar surface area (TPSA) is 17.1 Å². The highest BCUT2D eigenvalue weighted by atomic mass is 16.1. The van der Waals surface area contributed by atoms with Gasteiger partial charge < -0.3 is 0 Å². The van der Waals surface area contributed by atoms with E-state index in [9.17, 15) is 4.79 Å². The molecule has 0 bridgehead atoms. The standard InChI is InChI=1S/C11H16O/c12-10-6-2-5-9-7-3-1-4-8(7)11(9)10/h7-9,11H,1-6H2/t7-,8-,9-,11+/m0/s1. The van der Waals surface area contributed by atoms with Gasteiger partial charge in [0.25, 0.3) is 0 Å². The average molecular weight is 164 g/mol. The SMILES string of the molecule is O=C1CCC[C@H]2[C@H]3CCC[C@@H]3[C@@H]12. The van der Waals surface area contributed by atoms with E-state index in [4.69, 9.17) is 0 Å². The summed E-state index contributed by atoms with van der Waals surface area (Å²) in [7, 11) is 0. The van der Waals surface area contributed by atoms with Gasteiger partial charge in [-0.1, -0.05) is 6.42 Å². The molecule has 0 aliphatic heterocycles. The van der Waals surface area contributed by atoms with Gasteiger partial charge in [-0.05, 0) is 43.4 Å². The number of hydrogen-bond donors (Lipinski definition) is 0. The van der Waals surface area contributed by atoms with Crippen LogP contribution in [-0.2, 0) is 4.79 Å². The van der Waals surface area contributed by atoms with Crippen molar-refractivity contribution in [1.29, 1.82) is 0 Å². The quantitative estimate of drug-likeness (QED) is 0.537. The summed E-state index contributed by atoms with van der Waals surface area (Å²) in [5.74, 6) is 3.78. The zero-order chi connectivity index (χ0) is 8.13. The molecule has 0 N–H and O–H groups in total. The first-order valence-electron chi connectivity index (χ1n) is 5.40. The molecule has 0 radical (unpaired) electrons. The van der Waals surface area contributed by atoms with Crippen LogP contribution < -0.4 is 0 Å². The Balaban J connectivity index is 1.84. The summed E-state index contributed by atoms with van der Waals surface area (Å²) in [6.07, 6.45) is 7.62. The molecule has 66 valence electrons. The van der Waals surface area contributed by atoms with Crippen LogP contribution in [0, 0.1) is 23.7 Å². The molecule has 3 saturated carbocycles. The second-order valence-corrected chi connectivity index (χ2v) is 4.81. The predicted octanol–water partition coefficient (Wildman–Crippen LogP) is 2.40. The normalized spacial score (nSPS) is 51.2. The van der Waals surface area contributed by atoms with Gasteiger partial charge in [0.15, 0.2) is 0 Å². The summed E-state index contributed by atoms with van der Waals surface area (Å²) in [5.41, 5.74) is 0. The van der Waals surface area contributed by atoms with Gasteiger partial charge in [-0.25, -0.2) is 0 Å². The fourth-order valence-electron chi connectivity index (χ4n) is 3.98. The first-order chi connectivity index (χ1) is 5.88. The molecule has 3 rings (SSSR count). The monoisotopic (exact) mass is 164 g/mol. The van der Waals surface area contributed by atoms with E-state index in [1.807, 2.05) is 0 Å². The summed E-state index contributed by atoms with van der Waals surface area (Å²) < 4.78 is 0. The van der Waals surface area contributed by atoms with E-state index in [-0.39, 0.29) is 0 Å². The van der Waals surface area contributed by atoms with Crippen molar-refractivity contribution in [3.8, 4) is 0 Å². The molecule has 0 spiro atoms. The van der Waals surface area contributed by atoms with E-state index in [0.717, 1.165) is 24.2 Å². The molecule has 0 saturated heterocycles. The van der Waals surface area contributed by atoms with Crippen LogP contribution in [0.3, 0.4) is 0 Å².